The fraction of sp³-hybridized carbons (Fsp3) is 0.535. The highest BCUT2D eigenvalue weighted by Crippen LogP contribution is 2.47. The van der Waals surface area contributed by atoms with Crippen molar-refractivity contribution in [3.8, 4) is 5.75 Å². The molecule has 56 heavy (non-hydrogen) atoms. The first-order valence-electron chi connectivity index (χ1n) is 19.8. The molecule has 13 heteroatoms. The van der Waals surface area contributed by atoms with Crippen LogP contribution in [0.5, 0.6) is 5.75 Å². The number of anilines is 1. The van der Waals surface area contributed by atoms with Gasteiger partial charge in [-0.1, -0.05) is 36.7 Å². The Labute approximate surface area is 336 Å². The van der Waals surface area contributed by atoms with E-state index >= 15 is 0 Å². The van der Waals surface area contributed by atoms with Crippen LogP contribution in [-0.4, -0.2) is 80.1 Å². The molecule has 4 aliphatic rings. The molecule has 1 fully saturated rings. The first-order valence-corrected chi connectivity index (χ1v) is 21.9. The summed E-state index contributed by atoms with van der Waals surface area (Å²) in [6.45, 7) is 5.42. The lowest BCUT2D eigenvalue weighted by atomic mass is 9.68. The van der Waals surface area contributed by atoms with Gasteiger partial charge in [0.2, 0.25) is 0 Å². The van der Waals surface area contributed by atoms with E-state index in [0.29, 0.717) is 62.5 Å². The van der Waals surface area contributed by atoms with Gasteiger partial charge in [0.25, 0.3) is 11.8 Å². The second-order valence-electron chi connectivity index (χ2n) is 16.1. The monoisotopic (exact) mass is 806 g/mol. The van der Waals surface area contributed by atoms with E-state index < -0.39 is 21.7 Å². The smallest absolute Gasteiger partial charge is 0.286 e. The van der Waals surface area contributed by atoms with E-state index in [4.69, 9.17) is 30.5 Å². The van der Waals surface area contributed by atoms with Gasteiger partial charge < -0.3 is 28.4 Å². The van der Waals surface area contributed by atoms with Crippen molar-refractivity contribution in [1.82, 2.24) is 9.29 Å². The number of fused-ring (bicyclic) bond motifs is 4. The fourth-order valence-electron chi connectivity index (χ4n) is 9.11. The van der Waals surface area contributed by atoms with E-state index in [9.17, 15) is 13.8 Å². The summed E-state index contributed by atoms with van der Waals surface area (Å²) in [7, 11) is 1.43. The molecule has 2 amide bonds. The van der Waals surface area contributed by atoms with E-state index in [-0.39, 0.29) is 28.8 Å². The molecular formula is C43H55ClN4O7S. The average molecular weight is 807 g/mol. The SMILES string of the molecule is COCCCn1cc(C(=O)N[S@@]2(=O)=NC(=O)c3ccc4c(c3)N(C[C@@H]3CC[C@H]3[C@@H](OC)/C=C/C[C@H](C)C2)C[C@@]2(CCCc3cc(Cl)ccc32)CO4)cc1COC. The zero-order chi connectivity index (χ0) is 39.5. The van der Waals surface area contributed by atoms with Crippen molar-refractivity contribution in [3.05, 3.63) is 93.8 Å². The maximum atomic E-state index is 14.8. The maximum Gasteiger partial charge on any atom is 0.286 e. The minimum absolute atomic E-state index is 0.00980. The van der Waals surface area contributed by atoms with Crippen molar-refractivity contribution in [2.75, 3.05) is 58.3 Å². The van der Waals surface area contributed by atoms with Crippen LogP contribution in [0.4, 0.5) is 5.69 Å². The molecule has 0 radical (unpaired) electrons. The predicted octanol–water partition coefficient (Wildman–Crippen LogP) is 7.39. The Hall–Kier alpha value is -3.68. The van der Waals surface area contributed by atoms with Crippen molar-refractivity contribution in [2.45, 2.75) is 76.5 Å². The molecule has 2 aromatic carbocycles. The molecule has 2 aliphatic carbocycles. The molecule has 3 aromatic rings. The zero-order valence-electron chi connectivity index (χ0n) is 33.0. The summed E-state index contributed by atoms with van der Waals surface area (Å²) in [6.07, 6.45) is 12.3. The number of carbonyl (C=O) groups is 2. The van der Waals surface area contributed by atoms with Crippen molar-refractivity contribution in [1.29, 1.82) is 0 Å². The molecule has 0 saturated heterocycles. The molecule has 11 nitrogen and oxygen atoms in total. The molecule has 302 valence electrons. The molecule has 0 unspecified atom stereocenters. The summed E-state index contributed by atoms with van der Waals surface area (Å²) in [6, 6.07) is 13.3. The number of amides is 2. The summed E-state index contributed by atoms with van der Waals surface area (Å²) < 4.78 is 47.2. The van der Waals surface area contributed by atoms with E-state index in [2.05, 4.69) is 38.3 Å². The second kappa shape index (κ2) is 17.4. The van der Waals surface area contributed by atoms with Crippen molar-refractivity contribution in [3.63, 3.8) is 0 Å². The first kappa shape index (κ1) is 40.5. The zero-order valence-corrected chi connectivity index (χ0v) is 34.5. The maximum absolute atomic E-state index is 14.8. The molecule has 1 saturated carbocycles. The Kier molecular flexibility index (Phi) is 12.6. The number of nitrogens with one attached hydrogen (secondary N) is 1. The number of carbonyl (C=O) groups excluding carboxylic acids is 2. The van der Waals surface area contributed by atoms with E-state index in [1.807, 2.05) is 29.7 Å². The van der Waals surface area contributed by atoms with Crippen molar-refractivity contribution < 1.29 is 32.7 Å². The topological polar surface area (TPSA) is 121 Å². The van der Waals surface area contributed by atoms with Gasteiger partial charge in [0.1, 0.15) is 15.7 Å². The summed E-state index contributed by atoms with van der Waals surface area (Å²) in [5.41, 5.74) is 4.48. The number of benzene rings is 2. The third-order valence-electron chi connectivity index (χ3n) is 12.1. The predicted molar refractivity (Wildman–Crippen MR) is 219 cm³/mol. The Morgan fingerprint density at radius 3 is 2.75 bits per heavy atom. The molecule has 3 heterocycles. The number of aryl methyl sites for hydroxylation is 2. The summed E-state index contributed by atoms with van der Waals surface area (Å²) >= 11 is 6.48. The van der Waals surface area contributed by atoms with E-state index in [1.165, 1.54) is 11.1 Å². The molecule has 1 aromatic heterocycles. The van der Waals surface area contributed by atoms with Crippen LogP contribution in [-0.2, 0) is 49.1 Å². The minimum atomic E-state index is -3.58. The van der Waals surface area contributed by atoms with Gasteiger partial charge in [-0.15, -0.1) is 4.36 Å². The quantitative estimate of drug-likeness (QED) is 0.176. The normalized spacial score (nSPS) is 28.2. The molecule has 1 N–H and O–H groups in total. The molecule has 2 bridgehead atoms. The molecular weight excluding hydrogens is 752 g/mol. The van der Waals surface area contributed by atoms with E-state index in [1.54, 1.807) is 39.7 Å². The third-order valence-corrected chi connectivity index (χ3v) is 14.3. The standard InChI is InChI=1S/C43H55ClN4O7S/c1-29-8-5-10-39(54-4)36-14-11-32(36)23-48-27-43(17-6-9-30-20-34(44)13-15-37(30)43)28-55-40-16-12-31(22-38(40)48)41(49)45-56(51,26-29)46-42(50)33-21-35(25-53-3)47(24-33)18-7-19-52-2/h5,10,12-13,15-16,20-22,24,29,32,36,39H,6-9,11,14,17-19,23,25-28H2,1-4H3,(H,45,46,49,50,51)/b10-5+/t29-,32-,36+,39-,43-,56-/m0/s1. The van der Waals surface area contributed by atoms with Gasteiger partial charge in [-0.2, -0.15) is 0 Å². The van der Waals surface area contributed by atoms with Gasteiger partial charge >= 0.3 is 0 Å². The highest BCUT2D eigenvalue weighted by molar-refractivity contribution is 7.92. The van der Waals surface area contributed by atoms with Crippen LogP contribution in [0.15, 0.2) is 65.2 Å². The average Bonchev–Trinajstić information content (AvgIpc) is 3.49. The number of aromatic nitrogens is 1. The fourth-order valence-corrected chi connectivity index (χ4v) is 11.2. The summed E-state index contributed by atoms with van der Waals surface area (Å²) in [5, 5.41) is 0.737. The number of nitrogens with zero attached hydrogens (tertiary/aromatic N) is 3. The molecule has 1 spiro atoms. The van der Waals surface area contributed by atoms with Crippen LogP contribution in [0, 0.1) is 17.8 Å². The number of hydrogen-bond donors (Lipinski definition) is 1. The first-order chi connectivity index (χ1) is 27.0. The third kappa shape index (κ3) is 8.74. The molecule has 7 rings (SSSR count). The van der Waals surface area contributed by atoms with Crippen LogP contribution in [0.3, 0.4) is 0 Å². The van der Waals surface area contributed by atoms with Crippen LogP contribution >= 0.6 is 11.6 Å². The largest absolute Gasteiger partial charge is 0.490 e. The van der Waals surface area contributed by atoms with Crippen molar-refractivity contribution in [2.24, 2.45) is 22.1 Å². The number of rotatable bonds is 9. The Morgan fingerprint density at radius 1 is 1.12 bits per heavy atom. The van der Waals surface area contributed by atoms with Gasteiger partial charge in [0.15, 0.2) is 0 Å². The Bertz CT molecular complexity index is 2080. The lowest BCUT2D eigenvalue weighted by molar-refractivity contribution is 0.0131. The number of hydrogen-bond acceptors (Lipinski definition) is 8. The lowest BCUT2D eigenvalue weighted by Gasteiger charge is -2.46. The number of ether oxygens (including phenoxy) is 4. The highest BCUT2D eigenvalue weighted by Gasteiger charge is 2.44. The lowest BCUT2D eigenvalue weighted by Crippen LogP contribution is -2.49. The molecule has 6 atom stereocenters. The Balaban J connectivity index is 1.26. The second-order valence-corrected chi connectivity index (χ2v) is 18.5. The van der Waals surface area contributed by atoms with Crippen LogP contribution in [0.25, 0.3) is 0 Å². The van der Waals surface area contributed by atoms with Gasteiger partial charge in [0.05, 0.1) is 36.3 Å². The number of halogens is 1. The van der Waals surface area contributed by atoms with Crippen LogP contribution < -0.4 is 14.4 Å². The number of methoxy groups -OCH3 is 3. The molecule has 2 aliphatic heterocycles. The van der Waals surface area contributed by atoms with Crippen LogP contribution in [0.1, 0.15) is 83.0 Å². The van der Waals surface area contributed by atoms with Gasteiger partial charge in [-0.3, -0.25) is 14.3 Å². The Morgan fingerprint density at radius 2 is 1.98 bits per heavy atom. The van der Waals surface area contributed by atoms with Gasteiger partial charge in [-0.05, 0) is 110 Å². The number of allylic oxidation sites excluding steroid dienone is 1. The summed E-state index contributed by atoms with van der Waals surface area (Å²) in [4.78, 5) is 30.4. The van der Waals surface area contributed by atoms with E-state index in [0.717, 1.165) is 61.5 Å². The van der Waals surface area contributed by atoms with Crippen molar-refractivity contribution >= 4 is 39.0 Å². The minimum Gasteiger partial charge on any atom is -0.490 e. The summed E-state index contributed by atoms with van der Waals surface area (Å²) in [5.74, 6) is 0.0116. The van der Waals surface area contributed by atoms with Gasteiger partial charge in [-0.25, -0.2) is 4.21 Å². The van der Waals surface area contributed by atoms with Crippen LogP contribution in [0.2, 0.25) is 5.02 Å². The highest BCUT2D eigenvalue weighted by atomic mass is 35.5. The van der Waals surface area contributed by atoms with Gasteiger partial charge in [0, 0.05) is 75.5 Å².